The molecule has 3 unspecified atom stereocenters. The Bertz CT molecular complexity index is 1280. The Kier molecular flexibility index (Phi) is 5.85. The van der Waals surface area contributed by atoms with Crippen molar-refractivity contribution >= 4 is 28.0 Å². The first-order chi connectivity index (χ1) is 17.5. The number of aliphatic carboxylic acids is 1. The van der Waals surface area contributed by atoms with Crippen LogP contribution in [0, 0.1) is 5.92 Å². The molecule has 3 aromatic carbocycles. The van der Waals surface area contributed by atoms with Crippen molar-refractivity contribution in [3.63, 3.8) is 0 Å². The Hall–Kier alpha value is -3.16. The number of benzene rings is 3. The minimum absolute atomic E-state index is 0.0133. The molecule has 184 valence electrons. The molecule has 2 fully saturated rings. The molecule has 1 heterocycles. The van der Waals surface area contributed by atoms with Gasteiger partial charge in [0.05, 0.1) is 6.04 Å². The third kappa shape index (κ3) is 3.82. The molecule has 36 heavy (non-hydrogen) atoms. The van der Waals surface area contributed by atoms with E-state index in [1.165, 1.54) is 22.3 Å². The van der Waals surface area contributed by atoms with Gasteiger partial charge in [-0.2, -0.15) is 0 Å². The average molecular weight is 548 g/mol. The minimum Gasteiger partial charge on any atom is -0.480 e. The van der Waals surface area contributed by atoms with Crippen molar-refractivity contribution in [2.45, 2.75) is 30.4 Å². The van der Waals surface area contributed by atoms with Crippen LogP contribution in [0.3, 0.4) is 0 Å². The van der Waals surface area contributed by atoms with E-state index < -0.39 is 18.2 Å². The predicted octanol–water partition coefficient (Wildman–Crippen LogP) is 5.79. The topological polar surface area (TPSA) is 76.1 Å². The first-order valence-electron chi connectivity index (χ1n) is 12.2. The molecule has 1 saturated heterocycles. The molecule has 7 heteroatoms. The van der Waals surface area contributed by atoms with Crippen molar-refractivity contribution in [3.8, 4) is 11.1 Å². The van der Waals surface area contributed by atoms with Crippen LogP contribution in [-0.2, 0) is 19.9 Å². The standard InChI is InChI=1S/C29H26BrNO5/c30-20-11-9-19(10-12-20)29(36-17-27(32)33)14-18-13-26(29)31(15-18)28(34)35-16-25-23-7-3-1-5-21(23)22-6-2-4-8-24(22)25/h1-12,18,25-26H,13-17H2,(H,32,33). The van der Waals surface area contributed by atoms with Gasteiger partial charge in [-0.1, -0.05) is 76.6 Å². The SMILES string of the molecule is O=C(O)COC1(c2ccc(Br)cc2)CC2CC1N(C(=O)OCC1c3ccccc3-c3ccccc31)C2. The minimum atomic E-state index is -1.03. The smallest absolute Gasteiger partial charge is 0.410 e. The van der Waals surface area contributed by atoms with Gasteiger partial charge in [0, 0.05) is 16.9 Å². The van der Waals surface area contributed by atoms with Crippen LogP contribution in [0.4, 0.5) is 4.79 Å². The maximum Gasteiger partial charge on any atom is 0.410 e. The average Bonchev–Trinajstić information content (AvgIpc) is 3.57. The van der Waals surface area contributed by atoms with Crippen LogP contribution in [0.2, 0.25) is 0 Å². The third-order valence-corrected chi connectivity index (χ3v) is 8.40. The molecule has 6 nitrogen and oxygen atoms in total. The van der Waals surface area contributed by atoms with E-state index in [9.17, 15) is 14.7 Å². The van der Waals surface area contributed by atoms with Gasteiger partial charge in [0.15, 0.2) is 0 Å². The highest BCUT2D eigenvalue weighted by molar-refractivity contribution is 9.10. The lowest BCUT2D eigenvalue weighted by Gasteiger charge is -2.43. The number of carboxylic acid groups (broad SMARTS) is 1. The molecule has 3 atom stereocenters. The van der Waals surface area contributed by atoms with Gasteiger partial charge >= 0.3 is 12.1 Å². The zero-order valence-electron chi connectivity index (χ0n) is 19.6. The molecule has 6 rings (SSSR count). The molecule has 1 saturated carbocycles. The van der Waals surface area contributed by atoms with Crippen molar-refractivity contribution in [3.05, 3.63) is 94.0 Å². The molecule has 1 N–H and O–H groups in total. The molecule has 3 aliphatic rings. The zero-order chi connectivity index (χ0) is 24.9. The third-order valence-electron chi connectivity index (χ3n) is 7.87. The van der Waals surface area contributed by atoms with Crippen LogP contribution >= 0.6 is 15.9 Å². The zero-order valence-corrected chi connectivity index (χ0v) is 21.2. The molecular weight excluding hydrogens is 522 g/mol. The summed E-state index contributed by atoms with van der Waals surface area (Å²) in [5, 5.41) is 9.35. The number of hydrogen-bond donors (Lipinski definition) is 1. The van der Waals surface area contributed by atoms with E-state index in [0.29, 0.717) is 13.0 Å². The molecule has 3 aromatic rings. The van der Waals surface area contributed by atoms with Crippen LogP contribution < -0.4 is 0 Å². The second-order valence-corrected chi connectivity index (χ2v) is 10.8. The maximum atomic E-state index is 13.5. The number of carbonyl (C=O) groups excluding carboxylic acids is 1. The number of hydrogen-bond acceptors (Lipinski definition) is 4. The quantitative estimate of drug-likeness (QED) is 0.422. The fraction of sp³-hybridized carbons (Fsp3) is 0.310. The van der Waals surface area contributed by atoms with Gasteiger partial charge in [-0.05, 0) is 58.7 Å². The Morgan fingerprint density at radius 1 is 0.972 bits per heavy atom. The lowest BCUT2D eigenvalue weighted by molar-refractivity contribution is -0.157. The van der Waals surface area contributed by atoms with Gasteiger partial charge in [-0.3, -0.25) is 0 Å². The fourth-order valence-corrected chi connectivity index (χ4v) is 6.69. The molecule has 1 amide bonds. The maximum absolute atomic E-state index is 13.5. The molecular formula is C29H26BrNO5. The number of rotatable bonds is 6. The molecule has 0 spiro atoms. The molecule has 2 bridgehead atoms. The Balaban J connectivity index is 1.24. The molecule has 2 aliphatic carbocycles. The summed E-state index contributed by atoms with van der Waals surface area (Å²) in [6.07, 6.45) is 1.07. The summed E-state index contributed by atoms with van der Waals surface area (Å²) >= 11 is 3.47. The van der Waals surface area contributed by atoms with E-state index in [4.69, 9.17) is 9.47 Å². The number of likely N-dealkylation sites (tertiary alicyclic amines) is 1. The van der Waals surface area contributed by atoms with Gasteiger partial charge in [0.25, 0.3) is 0 Å². The summed E-state index contributed by atoms with van der Waals surface area (Å²) in [4.78, 5) is 26.6. The van der Waals surface area contributed by atoms with Gasteiger partial charge in [0.1, 0.15) is 18.8 Å². The van der Waals surface area contributed by atoms with E-state index >= 15 is 0 Å². The first-order valence-corrected chi connectivity index (χ1v) is 13.0. The summed E-state index contributed by atoms with van der Waals surface area (Å²) in [6, 6.07) is 24.0. The van der Waals surface area contributed by atoms with Crippen molar-refractivity contribution < 1.29 is 24.2 Å². The molecule has 1 aliphatic heterocycles. The second kappa shape index (κ2) is 9.05. The summed E-state index contributed by atoms with van der Waals surface area (Å²) in [5.74, 6) is -0.810. The first kappa shape index (κ1) is 23.3. The predicted molar refractivity (Wildman–Crippen MR) is 138 cm³/mol. The van der Waals surface area contributed by atoms with Crippen LogP contribution in [0.5, 0.6) is 0 Å². The van der Waals surface area contributed by atoms with Crippen molar-refractivity contribution in [1.82, 2.24) is 4.90 Å². The summed E-state index contributed by atoms with van der Waals surface area (Å²) in [5.41, 5.74) is 4.73. The number of ether oxygens (including phenoxy) is 2. The number of nitrogens with zero attached hydrogens (tertiary/aromatic N) is 1. The summed E-state index contributed by atoms with van der Waals surface area (Å²) in [6.45, 7) is 0.426. The van der Waals surface area contributed by atoms with E-state index in [2.05, 4.69) is 40.2 Å². The molecule has 0 radical (unpaired) electrons. The number of amides is 1. The van der Waals surface area contributed by atoms with Crippen LogP contribution in [-0.4, -0.2) is 47.9 Å². The lowest BCUT2D eigenvalue weighted by Crippen LogP contribution is -2.53. The van der Waals surface area contributed by atoms with E-state index in [1.54, 1.807) is 4.90 Å². The Morgan fingerprint density at radius 2 is 1.61 bits per heavy atom. The van der Waals surface area contributed by atoms with Crippen LogP contribution in [0.15, 0.2) is 77.3 Å². The number of fused-ring (bicyclic) bond motifs is 5. The largest absolute Gasteiger partial charge is 0.480 e. The van der Waals surface area contributed by atoms with E-state index in [0.717, 1.165) is 16.5 Å². The highest BCUT2D eigenvalue weighted by atomic mass is 79.9. The Labute approximate surface area is 218 Å². The molecule has 0 aromatic heterocycles. The van der Waals surface area contributed by atoms with Crippen molar-refractivity contribution in [2.24, 2.45) is 5.92 Å². The number of carbonyl (C=O) groups is 2. The van der Waals surface area contributed by atoms with Crippen molar-refractivity contribution in [2.75, 3.05) is 19.8 Å². The van der Waals surface area contributed by atoms with Gasteiger partial charge < -0.3 is 19.5 Å². The highest BCUT2D eigenvalue weighted by Gasteiger charge is 2.58. The van der Waals surface area contributed by atoms with Crippen LogP contribution in [0.1, 0.15) is 35.4 Å². The van der Waals surface area contributed by atoms with E-state index in [-0.39, 0.29) is 30.6 Å². The second-order valence-electron chi connectivity index (χ2n) is 9.86. The number of halogens is 1. The Morgan fingerprint density at radius 3 is 2.22 bits per heavy atom. The fourth-order valence-electron chi connectivity index (χ4n) is 6.43. The van der Waals surface area contributed by atoms with Crippen LogP contribution in [0.25, 0.3) is 11.1 Å². The number of piperidine rings is 1. The monoisotopic (exact) mass is 547 g/mol. The highest BCUT2D eigenvalue weighted by Crippen LogP contribution is 2.53. The lowest BCUT2D eigenvalue weighted by atomic mass is 9.85. The van der Waals surface area contributed by atoms with Gasteiger partial charge in [-0.15, -0.1) is 0 Å². The normalized spacial score (nSPS) is 24.0. The summed E-state index contributed by atoms with van der Waals surface area (Å²) in [7, 11) is 0. The summed E-state index contributed by atoms with van der Waals surface area (Å²) < 4.78 is 13.0. The van der Waals surface area contributed by atoms with Gasteiger partial charge in [0.2, 0.25) is 0 Å². The van der Waals surface area contributed by atoms with E-state index in [1.807, 2.05) is 48.5 Å². The van der Waals surface area contributed by atoms with Crippen molar-refractivity contribution in [1.29, 1.82) is 0 Å². The number of carboxylic acids is 1. The van der Waals surface area contributed by atoms with Gasteiger partial charge in [-0.25, -0.2) is 9.59 Å².